The highest BCUT2D eigenvalue weighted by Gasteiger charge is 2.20. The van der Waals surface area contributed by atoms with Crippen LogP contribution in [0.5, 0.6) is 0 Å². The summed E-state index contributed by atoms with van der Waals surface area (Å²) in [7, 11) is 2.68. The lowest BCUT2D eigenvalue weighted by Crippen LogP contribution is -2.20. The Morgan fingerprint density at radius 2 is 1.59 bits per heavy atom. The van der Waals surface area contributed by atoms with Crippen molar-refractivity contribution >= 4 is 17.4 Å². The number of rotatable bonds is 7. The van der Waals surface area contributed by atoms with Crippen LogP contribution in [-0.4, -0.2) is 31.6 Å². The minimum absolute atomic E-state index is 0.0851. The summed E-state index contributed by atoms with van der Waals surface area (Å²) in [6.45, 7) is 6.04. The fourth-order valence-corrected chi connectivity index (χ4v) is 2.72. The molecule has 2 aromatic carbocycles. The average molecular weight is 368 g/mol. The summed E-state index contributed by atoms with van der Waals surface area (Å²) in [5, 5.41) is 8.05. The van der Waals surface area contributed by atoms with Crippen LogP contribution in [0.4, 0.5) is 0 Å². The monoisotopic (exact) mass is 368 g/mol. The summed E-state index contributed by atoms with van der Waals surface area (Å²) in [5.41, 5.74) is 5.35. The summed E-state index contributed by atoms with van der Waals surface area (Å²) in [4.78, 5) is 22.5. The van der Waals surface area contributed by atoms with Gasteiger partial charge in [0.15, 0.2) is 5.71 Å². The van der Waals surface area contributed by atoms with Crippen molar-refractivity contribution in [2.75, 3.05) is 14.2 Å². The molecule has 0 radical (unpaired) electrons. The standard InChI is InChI=1S/C21H24N2O4/c1-14-9-6-7-11-17(14)16(3)22-27-13-19-15(2)10-8-12-18(19)20(23-26-5)21(24)25-4/h6-12H,13H2,1-5H3/b22-16+,23-20+. The van der Waals surface area contributed by atoms with Gasteiger partial charge in [-0.15, -0.1) is 0 Å². The summed E-state index contributed by atoms with van der Waals surface area (Å²) >= 11 is 0. The molecule has 0 aliphatic heterocycles. The highest BCUT2D eigenvalue weighted by atomic mass is 16.6. The fourth-order valence-electron chi connectivity index (χ4n) is 2.72. The van der Waals surface area contributed by atoms with E-state index in [0.29, 0.717) is 5.56 Å². The van der Waals surface area contributed by atoms with Crippen LogP contribution in [0.15, 0.2) is 52.8 Å². The number of nitrogens with zero attached hydrogens (tertiary/aromatic N) is 2. The van der Waals surface area contributed by atoms with Crippen molar-refractivity contribution in [1.82, 2.24) is 0 Å². The number of benzene rings is 2. The maximum Gasteiger partial charge on any atom is 0.360 e. The fraction of sp³-hybridized carbons (Fsp3) is 0.286. The number of aryl methyl sites for hydroxylation is 2. The number of oxime groups is 2. The molecule has 0 unspecified atom stereocenters. The third-order valence-corrected chi connectivity index (χ3v) is 4.17. The van der Waals surface area contributed by atoms with Gasteiger partial charge in [-0.3, -0.25) is 0 Å². The number of carbonyl (C=O) groups is 1. The van der Waals surface area contributed by atoms with Gasteiger partial charge in [0.2, 0.25) is 0 Å². The molecule has 0 aromatic heterocycles. The van der Waals surface area contributed by atoms with Crippen molar-refractivity contribution in [2.24, 2.45) is 10.3 Å². The number of esters is 1. The Hall–Kier alpha value is -3.15. The van der Waals surface area contributed by atoms with Crippen molar-refractivity contribution < 1.29 is 19.2 Å². The summed E-state index contributed by atoms with van der Waals surface area (Å²) < 4.78 is 4.81. The van der Waals surface area contributed by atoms with E-state index in [0.717, 1.165) is 28.0 Å². The van der Waals surface area contributed by atoms with E-state index in [4.69, 9.17) is 14.4 Å². The van der Waals surface area contributed by atoms with Crippen molar-refractivity contribution in [3.05, 3.63) is 70.3 Å². The molecule has 0 aliphatic carbocycles. The van der Waals surface area contributed by atoms with Gasteiger partial charge < -0.3 is 14.4 Å². The molecule has 0 spiro atoms. The lowest BCUT2D eigenvalue weighted by atomic mass is 9.99. The van der Waals surface area contributed by atoms with Crippen molar-refractivity contribution in [2.45, 2.75) is 27.4 Å². The summed E-state index contributed by atoms with van der Waals surface area (Å²) in [6.07, 6.45) is 0. The van der Waals surface area contributed by atoms with Gasteiger partial charge in [0.25, 0.3) is 0 Å². The first kappa shape index (κ1) is 20.2. The molecule has 2 aromatic rings. The van der Waals surface area contributed by atoms with Crippen LogP contribution in [0.25, 0.3) is 0 Å². The maximum atomic E-state index is 12.1. The van der Waals surface area contributed by atoms with Crippen molar-refractivity contribution in [1.29, 1.82) is 0 Å². The molecule has 27 heavy (non-hydrogen) atoms. The lowest BCUT2D eigenvalue weighted by molar-refractivity contribution is -0.132. The Morgan fingerprint density at radius 3 is 2.26 bits per heavy atom. The first-order valence-corrected chi connectivity index (χ1v) is 8.50. The maximum absolute atomic E-state index is 12.1. The van der Waals surface area contributed by atoms with E-state index in [1.54, 1.807) is 6.07 Å². The number of methoxy groups -OCH3 is 1. The zero-order chi connectivity index (χ0) is 19.8. The topological polar surface area (TPSA) is 69.5 Å². The molecule has 142 valence electrons. The number of carbonyl (C=O) groups excluding carboxylic acids is 1. The smallest absolute Gasteiger partial charge is 0.360 e. The normalized spacial score (nSPS) is 11.9. The van der Waals surface area contributed by atoms with Gasteiger partial charge in [-0.25, -0.2) is 4.79 Å². The van der Waals surface area contributed by atoms with Crippen LogP contribution in [-0.2, 0) is 25.8 Å². The van der Waals surface area contributed by atoms with Crippen molar-refractivity contribution in [3.63, 3.8) is 0 Å². The highest BCUT2D eigenvalue weighted by molar-refractivity contribution is 6.43. The molecule has 0 aliphatic rings. The van der Waals surface area contributed by atoms with Crippen LogP contribution < -0.4 is 0 Å². The van der Waals surface area contributed by atoms with Gasteiger partial charge in [-0.2, -0.15) is 0 Å². The van der Waals surface area contributed by atoms with E-state index in [-0.39, 0.29) is 12.3 Å². The summed E-state index contributed by atoms with van der Waals surface area (Å²) in [6, 6.07) is 13.5. The zero-order valence-electron chi connectivity index (χ0n) is 16.3. The SMILES string of the molecule is CO/N=C(/C(=O)OC)c1cccc(C)c1CO/N=C(\C)c1ccccc1C. The molecule has 6 nitrogen and oxygen atoms in total. The van der Waals surface area contributed by atoms with Gasteiger partial charge in [0, 0.05) is 16.7 Å². The van der Waals surface area contributed by atoms with E-state index < -0.39 is 5.97 Å². The molecule has 0 saturated heterocycles. The van der Waals surface area contributed by atoms with Crippen LogP contribution in [0, 0.1) is 13.8 Å². The Balaban J connectivity index is 2.29. The second-order valence-electron chi connectivity index (χ2n) is 5.98. The molecule has 0 bridgehead atoms. The molecular weight excluding hydrogens is 344 g/mol. The molecule has 0 fully saturated rings. The van der Waals surface area contributed by atoms with Gasteiger partial charge in [-0.05, 0) is 31.9 Å². The van der Waals surface area contributed by atoms with Crippen LogP contribution in [0.3, 0.4) is 0 Å². The van der Waals surface area contributed by atoms with Crippen LogP contribution >= 0.6 is 0 Å². The van der Waals surface area contributed by atoms with Gasteiger partial charge in [-0.1, -0.05) is 52.8 Å². The van der Waals surface area contributed by atoms with Gasteiger partial charge in [0.05, 0.1) is 12.8 Å². The lowest BCUT2D eigenvalue weighted by Gasteiger charge is -2.12. The van der Waals surface area contributed by atoms with E-state index in [2.05, 4.69) is 10.3 Å². The molecule has 0 atom stereocenters. The zero-order valence-corrected chi connectivity index (χ0v) is 16.3. The quantitative estimate of drug-likeness (QED) is 0.424. The predicted molar refractivity (Wildman–Crippen MR) is 105 cm³/mol. The Kier molecular flexibility index (Phi) is 7.11. The number of hydrogen-bond acceptors (Lipinski definition) is 6. The third-order valence-electron chi connectivity index (χ3n) is 4.17. The Labute approximate surface area is 159 Å². The molecule has 0 amide bonds. The predicted octanol–water partition coefficient (Wildman–Crippen LogP) is 3.77. The first-order valence-electron chi connectivity index (χ1n) is 8.50. The van der Waals surface area contributed by atoms with E-state index >= 15 is 0 Å². The van der Waals surface area contributed by atoms with Gasteiger partial charge >= 0.3 is 5.97 Å². The molecule has 6 heteroatoms. The first-order chi connectivity index (χ1) is 13.0. The molecule has 0 saturated carbocycles. The molecular formula is C21H24N2O4. The Morgan fingerprint density at radius 1 is 0.926 bits per heavy atom. The van der Waals surface area contributed by atoms with Crippen LogP contribution in [0.2, 0.25) is 0 Å². The second-order valence-corrected chi connectivity index (χ2v) is 5.98. The van der Waals surface area contributed by atoms with Crippen molar-refractivity contribution in [3.8, 4) is 0 Å². The van der Waals surface area contributed by atoms with E-state index in [9.17, 15) is 4.79 Å². The number of ether oxygens (including phenoxy) is 1. The molecule has 2 rings (SSSR count). The Bertz CT molecular complexity index is 872. The highest BCUT2D eigenvalue weighted by Crippen LogP contribution is 2.18. The third kappa shape index (κ3) is 4.94. The van der Waals surface area contributed by atoms with Crippen LogP contribution in [0.1, 0.15) is 34.7 Å². The van der Waals surface area contributed by atoms with E-state index in [1.807, 2.05) is 57.2 Å². The molecule has 0 N–H and O–H groups in total. The second kappa shape index (κ2) is 9.52. The number of hydrogen-bond donors (Lipinski definition) is 0. The summed E-state index contributed by atoms with van der Waals surface area (Å²) in [5.74, 6) is -0.580. The minimum atomic E-state index is -0.580. The van der Waals surface area contributed by atoms with Gasteiger partial charge in [0.1, 0.15) is 13.7 Å². The average Bonchev–Trinajstić information content (AvgIpc) is 2.67. The van der Waals surface area contributed by atoms with E-state index in [1.165, 1.54) is 14.2 Å². The largest absolute Gasteiger partial charge is 0.464 e. The minimum Gasteiger partial charge on any atom is -0.464 e. The molecule has 0 heterocycles.